The number of hydrogen-bond donors (Lipinski definition) is 2. The minimum Gasteiger partial charge on any atom is -0.397 e. The van der Waals surface area contributed by atoms with Crippen LogP contribution in [0.3, 0.4) is 0 Å². The monoisotopic (exact) mass is 258 g/mol. The Bertz CT molecular complexity index is 583. The molecule has 0 aromatic heterocycles. The van der Waals surface area contributed by atoms with Gasteiger partial charge in [-0.3, -0.25) is 0 Å². The van der Waals surface area contributed by atoms with Gasteiger partial charge >= 0.3 is 0 Å². The fourth-order valence-corrected chi connectivity index (χ4v) is 2.18. The van der Waals surface area contributed by atoms with Crippen molar-refractivity contribution in [3.63, 3.8) is 0 Å². The maximum atomic E-state index is 13.5. The second kappa shape index (κ2) is 5.31. The Hall–Kier alpha value is -2.03. The zero-order valence-corrected chi connectivity index (χ0v) is 11.5. The molecule has 19 heavy (non-hydrogen) atoms. The summed E-state index contributed by atoms with van der Waals surface area (Å²) in [5.41, 5.74) is 11.1. The van der Waals surface area contributed by atoms with E-state index in [4.69, 9.17) is 5.73 Å². The van der Waals surface area contributed by atoms with Crippen LogP contribution in [0.4, 0.5) is 15.8 Å². The van der Waals surface area contributed by atoms with Gasteiger partial charge in [-0.2, -0.15) is 0 Å². The van der Waals surface area contributed by atoms with Crippen LogP contribution in [0.5, 0.6) is 0 Å². The van der Waals surface area contributed by atoms with Crippen LogP contribution < -0.4 is 11.1 Å². The first-order valence-corrected chi connectivity index (χ1v) is 6.33. The molecular weight excluding hydrogens is 239 g/mol. The number of aryl methyl sites for hydroxylation is 3. The molecule has 3 heteroatoms. The van der Waals surface area contributed by atoms with Gasteiger partial charge in [0.1, 0.15) is 5.82 Å². The van der Waals surface area contributed by atoms with E-state index in [1.807, 2.05) is 37.3 Å². The van der Waals surface area contributed by atoms with Crippen molar-refractivity contribution in [2.75, 3.05) is 11.1 Å². The molecule has 0 aliphatic rings. The molecule has 2 rings (SSSR count). The lowest BCUT2D eigenvalue weighted by atomic mass is 10.1. The molecule has 0 atom stereocenters. The van der Waals surface area contributed by atoms with Crippen LogP contribution in [0.1, 0.15) is 22.3 Å². The molecule has 0 saturated heterocycles. The van der Waals surface area contributed by atoms with Crippen LogP contribution in [0, 0.1) is 26.6 Å². The summed E-state index contributed by atoms with van der Waals surface area (Å²) in [6.07, 6.45) is 0. The summed E-state index contributed by atoms with van der Waals surface area (Å²) >= 11 is 0. The van der Waals surface area contributed by atoms with E-state index in [1.165, 1.54) is 0 Å². The van der Waals surface area contributed by atoms with Gasteiger partial charge in [0.25, 0.3) is 0 Å². The summed E-state index contributed by atoms with van der Waals surface area (Å²) in [6.45, 7) is 6.21. The van der Waals surface area contributed by atoms with Gasteiger partial charge in [-0.15, -0.1) is 0 Å². The molecule has 2 aromatic rings. The lowest BCUT2D eigenvalue weighted by Gasteiger charge is -2.11. The minimum absolute atomic E-state index is 0.126. The quantitative estimate of drug-likeness (QED) is 0.818. The second-order valence-corrected chi connectivity index (χ2v) is 4.99. The summed E-state index contributed by atoms with van der Waals surface area (Å²) < 4.78 is 13.5. The van der Waals surface area contributed by atoms with E-state index >= 15 is 0 Å². The van der Waals surface area contributed by atoms with Crippen LogP contribution in [-0.4, -0.2) is 0 Å². The molecule has 0 aliphatic heterocycles. The minimum atomic E-state index is -0.126. The highest BCUT2D eigenvalue weighted by Crippen LogP contribution is 2.21. The molecule has 2 nitrogen and oxygen atoms in total. The molecule has 100 valence electrons. The van der Waals surface area contributed by atoms with E-state index < -0.39 is 0 Å². The Morgan fingerprint density at radius 1 is 1.05 bits per heavy atom. The summed E-state index contributed by atoms with van der Waals surface area (Å²) in [7, 11) is 0. The Morgan fingerprint density at radius 3 is 2.26 bits per heavy atom. The van der Waals surface area contributed by atoms with Gasteiger partial charge < -0.3 is 11.1 Å². The zero-order chi connectivity index (χ0) is 14.0. The van der Waals surface area contributed by atoms with Crippen molar-refractivity contribution in [2.24, 2.45) is 0 Å². The molecule has 0 aliphatic carbocycles. The molecule has 0 saturated carbocycles. The van der Waals surface area contributed by atoms with E-state index in [-0.39, 0.29) is 5.82 Å². The third kappa shape index (κ3) is 3.05. The van der Waals surface area contributed by atoms with Crippen molar-refractivity contribution in [2.45, 2.75) is 27.3 Å². The predicted octanol–water partition coefficient (Wildman–Crippen LogP) is 3.95. The average Bonchev–Trinajstić information content (AvgIpc) is 2.34. The lowest BCUT2D eigenvalue weighted by molar-refractivity contribution is 0.608. The van der Waals surface area contributed by atoms with Gasteiger partial charge in [0.2, 0.25) is 0 Å². The van der Waals surface area contributed by atoms with Crippen molar-refractivity contribution < 1.29 is 4.39 Å². The molecule has 0 bridgehead atoms. The zero-order valence-electron chi connectivity index (χ0n) is 11.5. The maximum absolute atomic E-state index is 13.5. The molecule has 0 fully saturated rings. The number of nitrogens with one attached hydrogen (secondary N) is 1. The van der Waals surface area contributed by atoms with E-state index in [0.717, 1.165) is 22.5 Å². The van der Waals surface area contributed by atoms with Crippen molar-refractivity contribution >= 4 is 11.4 Å². The van der Waals surface area contributed by atoms with E-state index in [2.05, 4.69) is 5.32 Å². The number of anilines is 2. The summed E-state index contributed by atoms with van der Waals surface area (Å²) in [5.74, 6) is -0.126. The fraction of sp³-hybridized carbons (Fsp3) is 0.250. The van der Waals surface area contributed by atoms with E-state index in [1.54, 1.807) is 13.8 Å². The molecule has 2 aromatic carbocycles. The highest BCUT2D eigenvalue weighted by atomic mass is 19.1. The maximum Gasteiger partial charge on any atom is 0.129 e. The van der Waals surface area contributed by atoms with Crippen LogP contribution in [0.15, 0.2) is 30.3 Å². The topological polar surface area (TPSA) is 38.0 Å². The SMILES string of the molecule is Cc1ccc(NCc2cc(C)c(F)c(C)c2)c(N)c1. The number of halogens is 1. The van der Waals surface area contributed by atoms with Crippen LogP contribution in [0.2, 0.25) is 0 Å². The Morgan fingerprint density at radius 2 is 1.68 bits per heavy atom. The number of rotatable bonds is 3. The van der Waals surface area contributed by atoms with Crippen molar-refractivity contribution in [3.8, 4) is 0 Å². The van der Waals surface area contributed by atoms with Crippen molar-refractivity contribution in [1.29, 1.82) is 0 Å². The smallest absolute Gasteiger partial charge is 0.129 e. The normalized spacial score (nSPS) is 10.5. The van der Waals surface area contributed by atoms with Crippen LogP contribution in [-0.2, 0) is 6.54 Å². The summed E-state index contributed by atoms with van der Waals surface area (Å²) in [5, 5.41) is 3.28. The molecular formula is C16H19FN2. The third-order valence-electron chi connectivity index (χ3n) is 3.19. The first-order valence-electron chi connectivity index (χ1n) is 6.33. The standard InChI is InChI=1S/C16H19FN2/c1-10-4-5-15(14(18)6-10)19-9-13-7-11(2)16(17)12(3)8-13/h4-8,19H,9,18H2,1-3H3. The van der Waals surface area contributed by atoms with Gasteiger partial charge in [0.15, 0.2) is 0 Å². The molecule has 0 radical (unpaired) electrons. The van der Waals surface area contributed by atoms with Gasteiger partial charge in [-0.25, -0.2) is 4.39 Å². The number of nitrogens with two attached hydrogens (primary N) is 1. The molecule has 0 heterocycles. The van der Waals surface area contributed by atoms with Gasteiger partial charge in [-0.1, -0.05) is 18.2 Å². The highest BCUT2D eigenvalue weighted by molar-refractivity contribution is 5.66. The van der Waals surface area contributed by atoms with Crippen LogP contribution in [0.25, 0.3) is 0 Å². The molecule has 0 amide bonds. The first-order chi connectivity index (χ1) is 8.97. The largest absolute Gasteiger partial charge is 0.397 e. The van der Waals surface area contributed by atoms with Crippen LogP contribution >= 0.6 is 0 Å². The molecule has 3 N–H and O–H groups in total. The highest BCUT2D eigenvalue weighted by Gasteiger charge is 2.05. The van der Waals surface area contributed by atoms with E-state index in [0.29, 0.717) is 17.7 Å². The Kier molecular flexibility index (Phi) is 3.74. The number of nitrogen functional groups attached to an aromatic ring is 1. The van der Waals surface area contributed by atoms with Gasteiger partial charge in [-0.05, 0) is 55.2 Å². The van der Waals surface area contributed by atoms with E-state index in [9.17, 15) is 4.39 Å². The first kappa shape index (κ1) is 13.4. The van der Waals surface area contributed by atoms with Gasteiger partial charge in [0, 0.05) is 6.54 Å². The Labute approximate surface area is 113 Å². The second-order valence-electron chi connectivity index (χ2n) is 4.99. The van der Waals surface area contributed by atoms with Crippen molar-refractivity contribution in [1.82, 2.24) is 0 Å². The molecule has 0 spiro atoms. The van der Waals surface area contributed by atoms with Crippen molar-refractivity contribution in [3.05, 3.63) is 58.4 Å². The fourth-order valence-electron chi connectivity index (χ4n) is 2.18. The average molecular weight is 258 g/mol. The molecule has 0 unspecified atom stereocenters. The number of hydrogen-bond acceptors (Lipinski definition) is 2. The Balaban J connectivity index is 2.14. The van der Waals surface area contributed by atoms with Gasteiger partial charge in [0.05, 0.1) is 11.4 Å². The third-order valence-corrected chi connectivity index (χ3v) is 3.19. The predicted molar refractivity (Wildman–Crippen MR) is 78.8 cm³/mol. The summed E-state index contributed by atoms with van der Waals surface area (Å²) in [4.78, 5) is 0. The summed E-state index contributed by atoms with van der Waals surface area (Å²) in [6, 6.07) is 9.64. The number of benzene rings is 2. The lowest BCUT2D eigenvalue weighted by Crippen LogP contribution is -2.04.